The molecule has 1 fully saturated rings. The Morgan fingerprint density at radius 3 is 2.33 bits per heavy atom. The van der Waals surface area contributed by atoms with E-state index >= 15 is 0 Å². The number of hydrogen-bond acceptors (Lipinski definition) is 4. The Kier molecular flexibility index (Phi) is 8.31. The Hall–Kier alpha value is -0.510. The smallest absolute Gasteiger partial charge is 1.00 e. The average Bonchev–Trinajstić information content (AvgIpc) is 2.53. The zero-order valence-corrected chi connectivity index (χ0v) is 16.8. The van der Waals surface area contributed by atoms with Crippen LogP contribution in [0.2, 0.25) is 0 Å². The van der Waals surface area contributed by atoms with Gasteiger partial charge in [-0.2, -0.15) is 8.42 Å². The van der Waals surface area contributed by atoms with Crippen LogP contribution in [0.25, 0.3) is 0 Å². The van der Waals surface area contributed by atoms with Crippen LogP contribution in [0.4, 0.5) is 10.2 Å². The summed E-state index contributed by atoms with van der Waals surface area (Å²) in [6, 6.07) is 4.41. The molecule has 2 rings (SSSR count). The van der Waals surface area contributed by atoms with E-state index in [-0.39, 0.29) is 46.7 Å². The van der Waals surface area contributed by atoms with Crippen molar-refractivity contribution in [1.29, 1.82) is 0 Å². The van der Waals surface area contributed by atoms with Gasteiger partial charge in [0.05, 0.1) is 16.5 Å². The van der Waals surface area contributed by atoms with Crippen molar-refractivity contribution in [3.63, 3.8) is 0 Å². The Labute approximate surface area is 165 Å². The van der Waals surface area contributed by atoms with E-state index in [4.69, 9.17) is 4.55 Å². The molecule has 1 aromatic rings. The quantitative estimate of drug-likeness (QED) is 0.426. The van der Waals surface area contributed by atoms with Crippen LogP contribution >= 0.6 is 0 Å². The second-order valence-electron chi connectivity index (χ2n) is 5.85. The monoisotopic (exact) mass is 368 g/mol. The average molecular weight is 368 g/mol. The van der Waals surface area contributed by atoms with Crippen LogP contribution in [0.1, 0.15) is 27.6 Å². The molecule has 24 heavy (non-hydrogen) atoms. The molecule has 1 atom stereocenters. The van der Waals surface area contributed by atoms with Gasteiger partial charge in [-0.3, -0.25) is 9.35 Å². The molecular formula is C15H22FN2NaO4S. The fraction of sp³-hybridized carbons (Fsp3) is 0.533. The molecule has 1 saturated heterocycles. The third-order valence-corrected chi connectivity index (χ3v) is 4.82. The molecule has 0 saturated carbocycles. The Balaban J connectivity index is 0.00000288. The molecule has 1 aromatic carbocycles. The van der Waals surface area contributed by atoms with E-state index in [1.54, 1.807) is 6.92 Å². The summed E-state index contributed by atoms with van der Waals surface area (Å²) in [5, 5.41) is 0.0301. The summed E-state index contributed by atoms with van der Waals surface area (Å²) in [4.78, 5) is 14.0. The van der Waals surface area contributed by atoms with Gasteiger partial charge >= 0.3 is 29.6 Å². The molecule has 1 heterocycles. The van der Waals surface area contributed by atoms with Gasteiger partial charge in [-0.1, -0.05) is 17.8 Å². The van der Waals surface area contributed by atoms with Gasteiger partial charge in [0.25, 0.3) is 16.0 Å². The first-order chi connectivity index (χ1) is 10.8. The predicted octanol–water partition coefficient (Wildman–Crippen LogP) is -0.611. The minimum atomic E-state index is -4.33. The number of rotatable bonds is 5. The van der Waals surface area contributed by atoms with Crippen LogP contribution in [0.5, 0.6) is 0 Å². The molecule has 1 unspecified atom stereocenters. The summed E-state index contributed by atoms with van der Waals surface area (Å²) in [6.45, 7) is 4.03. The van der Waals surface area contributed by atoms with Crippen molar-refractivity contribution < 1.29 is 53.2 Å². The first kappa shape index (κ1) is 21.5. The second kappa shape index (κ2) is 9.26. The summed E-state index contributed by atoms with van der Waals surface area (Å²) in [6.07, 6.45) is 3.38. The molecule has 0 radical (unpaired) electrons. The number of anilines is 1. The van der Waals surface area contributed by atoms with Crippen LogP contribution < -0.4 is 34.7 Å². The minimum absolute atomic E-state index is 0. The molecule has 1 aliphatic rings. The van der Waals surface area contributed by atoms with Gasteiger partial charge < -0.3 is 6.33 Å². The van der Waals surface area contributed by atoms with E-state index in [0.29, 0.717) is 6.54 Å². The Bertz CT molecular complexity index is 654. The van der Waals surface area contributed by atoms with E-state index < -0.39 is 21.9 Å². The molecule has 0 spiro atoms. The van der Waals surface area contributed by atoms with Crippen molar-refractivity contribution in [2.24, 2.45) is 5.92 Å². The number of likely N-dealkylation sites (tertiary alicyclic amines) is 1. The van der Waals surface area contributed by atoms with Crippen molar-refractivity contribution in [3.05, 3.63) is 24.3 Å². The third-order valence-electron chi connectivity index (χ3n) is 3.96. The second-order valence-corrected chi connectivity index (χ2v) is 7.27. The van der Waals surface area contributed by atoms with Crippen LogP contribution in [0, 0.1) is 5.92 Å². The van der Waals surface area contributed by atoms with E-state index in [0.717, 1.165) is 50.2 Å². The normalized spacial score (nSPS) is 17.0. The standard InChI is InChI=1S/C15H21FN2O4S.Na.H/c1-12(11-17-9-3-2-4-10-17)15(19)18(16)13-5-7-14(8-6-13)23(20,21)22;;/h5-8,12H,2-4,9-11H2,1H3,(H,20,21,22);;/q;+1;-1. The molecule has 1 N–H and O–H groups in total. The molecule has 1 amide bonds. The summed E-state index contributed by atoms with van der Waals surface area (Å²) < 4.78 is 45.0. The number of amides is 1. The summed E-state index contributed by atoms with van der Waals surface area (Å²) >= 11 is 0. The zero-order valence-electron chi connectivity index (χ0n) is 15.0. The maximum absolute atomic E-state index is 14.2. The van der Waals surface area contributed by atoms with Crippen LogP contribution in [-0.2, 0) is 14.9 Å². The third kappa shape index (κ3) is 5.79. The SMILES string of the molecule is CC(CN1CCCCC1)C(=O)N(F)c1ccc(S(=O)(=O)O)cc1.[H-].[Na+]. The number of halogens is 1. The fourth-order valence-corrected chi connectivity index (χ4v) is 3.16. The number of carbonyl (C=O) groups is 1. The first-order valence-corrected chi connectivity index (χ1v) is 9.02. The first-order valence-electron chi connectivity index (χ1n) is 7.58. The van der Waals surface area contributed by atoms with E-state index in [2.05, 4.69) is 4.90 Å². The van der Waals surface area contributed by atoms with Crippen LogP contribution in [-0.4, -0.2) is 43.4 Å². The predicted molar refractivity (Wildman–Crippen MR) is 85.4 cm³/mol. The molecule has 1 aliphatic heterocycles. The van der Waals surface area contributed by atoms with E-state index in [1.807, 2.05) is 0 Å². The fourth-order valence-electron chi connectivity index (χ4n) is 2.68. The topological polar surface area (TPSA) is 77.9 Å². The number of benzene rings is 1. The molecule has 0 aliphatic carbocycles. The van der Waals surface area contributed by atoms with Crippen molar-refractivity contribution in [2.75, 3.05) is 24.8 Å². The van der Waals surface area contributed by atoms with Gasteiger partial charge in [-0.15, -0.1) is 5.12 Å². The molecule has 6 nitrogen and oxygen atoms in total. The summed E-state index contributed by atoms with van der Waals surface area (Å²) in [5.74, 6) is -1.17. The zero-order chi connectivity index (χ0) is 17.0. The van der Waals surface area contributed by atoms with Gasteiger partial charge in [0, 0.05) is 6.54 Å². The minimum Gasteiger partial charge on any atom is -1.00 e. The van der Waals surface area contributed by atoms with Crippen molar-refractivity contribution >= 4 is 21.7 Å². The Morgan fingerprint density at radius 1 is 1.29 bits per heavy atom. The van der Waals surface area contributed by atoms with Gasteiger partial charge in [-0.25, -0.2) is 0 Å². The maximum Gasteiger partial charge on any atom is 1.00 e. The van der Waals surface area contributed by atoms with Gasteiger partial charge in [-0.05, 0) is 50.2 Å². The van der Waals surface area contributed by atoms with Crippen molar-refractivity contribution in [1.82, 2.24) is 4.90 Å². The number of carbonyl (C=O) groups excluding carboxylic acids is 1. The van der Waals surface area contributed by atoms with E-state index in [1.165, 1.54) is 6.42 Å². The van der Waals surface area contributed by atoms with Gasteiger partial charge in [0.1, 0.15) is 0 Å². The molecular weight excluding hydrogens is 346 g/mol. The Morgan fingerprint density at radius 2 is 1.83 bits per heavy atom. The molecule has 9 heteroatoms. The maximum atomic E-state index is 14.2. The number of nitrogens with zero attached hydrogens (tertiary/aromatic N) is 2. The summed E-state index contributed by atoms with van der Waals surface area (Å²) in [5.41, 5.74) is -0.0621. The van der Waals surface area contributed by atoms with Crippen molar-refractivity contribution in [2.45, 2.75) is 31.1 Å². The van der Waals surface area contributed by atoms with E-state index in [9.17, 15) is 17.7 Å². The molecule has 130 valence electrons. The molecule has 0 aromatic heterocycles. The largest absolute Gasteiger partial charge is 1.00 e. The molecule has 0 bridgehead atoms. The van der Waals surface area contributed by atoms with Gasteiger partial charge in [0.2, 0.25) is 0 Å². The van der Waals surface area contributed by atoms with Crippen LogP contribution in [0.15, 0.2) is 29.2 Å². The number of hydrogen-bond donors (Lipinski definition) is 1. The van der Waals surface area contributed by atoms with Crippen molar-refractivity contribution in [3.8, 4) is 0 Å². The van der Waals surface area contributed by atoms with Crippen LogP contribution in [0.3, 0.4) is 0 Å². The number of piperidine rings is 1. The summed E-state index contributed by atoms with van der Waals surface area (Å²) in [7, 11) is -4.33. The van der Waals surface area contributed by atoms with Gasteiger partial charge in [0.15, 0.2) is 0 Å².